The molecule has 2 aliphatic carbocycles. The normalized spacial score (nSPS) is 26.1. The molecule has 0 N–H and O–H groups in total. The predicted octanol–water partition coefficient (Wildman–Crippen LogP) is 6.43. The number of Topliss-reactive ketones (excluding diaryl/α,β-unsaturated/α-hetero) is 1. The molecular formula is C31H32N2O. The van der Waals surface area contributed by atoms with Crippen molar-refractivity contribution in [2.24, 2.45) is 16.8 Å². The van der Waals surface area contributed by atoms with E-state index in [1.165, 1.54) is 18.4 Å². The van der Waals surface area contributed by atoms with Gasteiger partial charge in [-0.05, 0) is 66.8 Å². The fraction of sp³-hybridized carbons (Fsp3) is 0.355. The molecule has 3 aromatic rings. The molecule has 3 atom stereocenters. The minimum Gasteiger partial charge on any atom is -0.293 e. The third-order valence-electron chi connectivity index (χ3n) is 8.47. The zero-order chi connectivity index (χ0) is 23.3. The highest BCUT2D eigenvalue weighted by Crippen LogP contribution is 2.50. The summed E-state index contributed by atoms with van der Waals surface area (Å²) in [6, 6.07) is 27.0. The lowest BCUT2D eigenvalue weighted by atomic mass is 9.58. The quantitative estimate of drug-likeness (QED) is 0.421. The number of carbonyl (C=O) groups is 1. The summed E-state index contributed by atoms with van der Waals surface area (Å²) in [5.41, 5.74) is 6.16. The topological polar surface area (TPSA) is 32.7 Å². The van der Waals surface area contributed by atoms with Gasteiger partial charge in [0.05, 0.1) is 17.4 Å². The summed E-state index contributed by atoms with van der Waals surface area (Å²) in [6.07, 6.45) is 3.74. The number of carbonyl (C=O) groups excluding carboxylic acids is 1. The predicted molar refractivity (Wildman–Crippen MR) is 138 cm³/mol. The van der Waals surface area contributed by atoms with Crippen LogP contribution in [0.3, 0.4) is 0 Å². The third kappa shape index (κ3) is 3.63. The monoisotopic (exact) mass is 448 g/mol. The van der Waals surface area contributed by atoms with Crippen LogP contribution in [0.15, 0.2) is 83.9 Å². The molecule has 2 fully saturated rings. The highest BCUT2D eigenvalue weighted by atomic mass is 16.1. The van der Waals surface area contributed by atoms with Gasteiger partial charge in [-0.2, -0.15) is 0 Å². The maximum absolute atomic E-state index is 13.7. The number of nitrogens with zero attached hydrogens (tertiary/aromatic N) is 2. The first-order chi connectivity index (χ1) is 16.5. The molecule has 0 unspecified atom stereocenters. The molecule has 1 saturated carbocycles. The van der Waals surface area contributed by atoms with E-state index in [9.17, 15) is 4.79 Å². The van der Waals surface area contributed by atoms with Crippen LogP contribution in [0.4, 0.5) is 5.69 Å². The standard InChI is InChI=1S/C31H32N2O/c1-21-29-30(34)26-16-15-25(19-27(26)31(21,2)17-18-33(29)20-22-13-14-22)32-28(23-9-5-3-6-10-23)24-11-7-4-8-12-24/h3-12,15-16,19,21-22,29H,13-14,17-18,20H2,1-2H3/t21-,29-,31+/m0/s1. The molecule has 3 nitrogen and oxygen atoms in total. The first kappa shape index (κ1) is 21.5. The summed E-state index contributed by atoms with van der Waals surface area (Å²) in [5, 5.41) is 0. The van der Waals surface area contributed by atoms with Crippen molar-refractivity contribution in [1.82, 2.24) is 4.90 Å². The Bertz CT molecular complexity index is 1200. The third-order valence-corrected chi connectivity index (χ3v) is 8.47. The second kappa shape index (κ2) is 8.32. The Morgan fingerprint density at radius 1 is 0.971 bits per heavy atom. The average molecular weight is 449 g/mol. The van der Waals surface area contributed by atoms with E-state index >= 15 is 0 Å². The number of rotatable bonds is 5. The van der Waals surface area contributed by atoms with Gasteiger partial charge in [-0.25, -0.2) is 4.99 Å². The first-order valence-electron chi connectivity index (χ1n) is 12.7. The molecule has 0 amide bonds. The fourth-order valence-electron chi connectivity index (χ4n) is 6.08. The van der Waals surface area contributed by atoms with Crippen LogP contribution in [0.1, 0.15) is 60.2 Å². The van der Waals surface area contributed by atoms with E-state index in [0.29, 0.717) is 11.7 Å². The van der Waals surface area contributed by atoms with Gasteiger partial charge in [-0.3, -0.25) is 9.69 Å². The van der Waals surface area contributed by atoms with Crippen molar-refractivity contribution >= 4 is 17.2 Å². The average Bonchev–Trinajstić information content (AvgIpc) is 3.69. The van der Waals surface area contributed by atoms with Crippen LogP contribution < -0.4 is 0 Å². The lowest BCUT2D eigenvalue weighted by molar-refractivity contribution is 0.0266. The summed E-state index contributed by atoms with van der Waals surface area (Å²) < 4.78 is 0. The minimum atomic E-state index is -0.000845. The van der Waals surface area contributed by atoms with Gasteiger partial charge in [-0.15, -0.1) is 0 Å². The number of ketones is 1. The number of hydrogen-bond donors (Lipinski definition) is 0. The first-order valence-corrected chi connectivity index (χ1v) is 12.7. The highest BCUT2D eigenvalue weighted by Gasteiger charge is 2.52. The lowest BCUT2D eigenvalue weighted by Crippen LogP contribution is -2.61. The van der Waals surface area contributed by atoms with Gasteiger partial charge in [-0.1, -0.05) is 74.5 Å². The summed E-state index contributed by atoms with van der Waals surface area (Å²) in [7, 11) is 0. The van der Waals surface area contributed by atoms with E-state index in [1.54, 1.807) is 0 Å². The number of fused-ring (bicyclic) bond motifs is 4. The number of benzene rings is 3. The minimum absolute atomic E-state index is 0.000845. The Morgan fingerprint density at radius 2 is 1.62 bits per heavy atom. The van der Waals surface area contributed by atoms with Gasteiger partial charge in [0, 0.05) is 23.2 Å². The van der Waals surface area contributed by atoms with Crippen molar-refractivity contribution < 1.29 is 4.79 Å². The SMILES string of the molecule is C[C@H]1[C@H]2C(=O)c3ccc(N=C(c4ccccc4)c4ccccc4)cc3[C@]1(C)CCN2CC1CC1. The molecule has 1 saturated heterocycles. The molecule has 0 spiro atoms. The molecule has 0 aromatic heterocycles. The van der Waals surface area contributed by atoms with E-state index < -0.39 is 0 Å². The van der Waals surface area contributed by atoms with E-state index in [4.69, 9.17) is 4.99 Å². The Labute approximate surface area is 202 Å². The molecule has 3 aromatic carbocycles. The van der Waals surface area contributed by atoms with Crippen molar-refractivity contribution in [3.8, 4) is 0 Å². The van der Waals surface area contributed by atoms with Crippen molar-refractivity contribution in [3.05, 3.63) is 101 Å². The van der Waals surface area contributed by atoms with Crippen LogP contribution in [0, 0.1) is 11.8 Å². The molecule has 6 rings (SSSR count). The molecule has 3 aliphatic rings. The van der Waals surface area contributed by atoms with Gasteiger partial charge in [0.2, 0.25) is 0 Å². The Morgan fingerprint density at radius 3 is 2.24 bits per heavy atom. The molecule has 1 aliphatic heterocycles. The van der Waals surface area contributed by atoms with Gasteiger partial charge in [0.1, 0.15) is 0 Å². The Balaban J connectivity index is 1.43. The number of likely N-dealkylation sites (tertiary alicyclic amines) is 1. The largest absolute Gasteiger partial charge is 0.293 e. The van der Waals surface area contributed by atoms with E-state index in [2.05, 4.69) is 73.3 Å². The molecular weight excluding hydrogens is 416 g/mol. The second-order valence-electron chi connectivity index (χ2n) is 10.6. The van der Waals surface area contributed by atoms with Crippen LogP contribution in [0.5, 0.6) is 0 Å². The van der Waals surface area contributed by atoms with Crippen LogP contribution in [-0.2, 0) is 5.41 Å². The van der Waals surface area contributed by atoms with Crippen molar-refractivity contribution in [2.45, 2.75) is 44.6 Å². The van der Waals surface area contributed by atoms with E-state index in [1.807, 2.05) is 24.3 Å². The van der Waals surface area contributed by atoms with Crippen LogP contribution in [0.25, 0.3) is 0 Å². The fourth-order valence-corrected chi connectivity index (χ4v) is 6.08. The zero-order valence-corrected chi connectivity index (χ0v) is 20.1. The smallest absolute Gasteiger partial charge is 0.180 e. The maximum atomic E-state index is 13.7. The molecule has 34 heavy (non-hydrogen) atoms. The van der Waals surface area contributed by atoms with Gasteiger partial charge in [0.15, 0.2) is 5.78 Å². The van der Waals surface area contributed by atoms with Crippen LogP contribution >= 0.6 is 0 Å². The molecule has 2 bridgehead atoms. The number of piperidine rings is 1. The summed E-state index contributed by atoms with van der Waals surface area (Å²) in [5.74, 6) is 1.42. The van der Waals surface area contributed by atoms with Gasteiger partial charge >= 0.3 is 0 Å². The highest BCUT2D eigenvalue weighted by molar-refractivity contribution is 6.14. The molecule has 1 heterocycles. The van der Waals surface area contributed by atoms with Gasteiger partial charge < -0.3 is 0 Å². The van der Waals surface area contributed by atoms with Gasteiger partial charge in [0.25, 0.3) is 0 Å². The molecule has 3 heteroatoms. The van der Waals surface area contributed by atoms with Crippen molar-refractivity contribution in [1.29, 1.82) is 0 Å². The van der Waals surface area contributed by atoms with Crippen LogP contribution in [0.2, 0.25) is 0 Å². The summed E-state index contributed by atoms with van der Waals surface area (Å²) in [6.45, 7) is 6.76. The molecule has 0 radical (unpaired) electrons. The summed E-state index contributed by atoms with van der Waals surface area (Å²) >= 11 is 0. The zero-order valence-electron chi connectivity index (χ0n) is 20.1. The Hall–Kier alpha value is -3.04. The molecule has 172 valence electrons. The van der Waals surface area contributed by atoms with Crippen molar-refractivity contribution in [3.63, 3.8) is 0 Å². The number of hydrogen-bond acceptors (Lipinski definition) is 3. The Kier molecular flexibility index (Phi) is 5.26. The lowest BCUT2D eigenvalue weighted by Gasteiger charge is -2.53. The second-order valence-corrected chi connectivity index (χ2v) is 10.6. The maximum Gasteiger partial charge on any atom is 0.180 e. The number of aliphatic imine (C=N–C) groups is 1. The van der Waals surface area contributed by atoms with E-state index in [-0.39, 0.29) is 11.5 Å². The summed E-state index contributed by atoms with van der Waals surface area (Å²) in [4.78, 5) is 21.3. The van der Waals surface area contributed by atoms with Crippen LogP contribution in [-0.4, -0.2) is 35.5 Å². The van der Waals surface area contributed by atoms with E-state index in [0.717, 1.165) is 53.5 Å². The van der Waals surface area contributed by atoms with Crippen molar-refractivity contribution in [2.75, 3.05) is 13.1 Å².